The Kier molecular flexibility index (Phi) is 6.25. The maximum absolute atomic E-state index is 12.8. The normalized spacial score (nSPS) is 16.6. The van der Waals surface area contributed by atoms with Gasteiger partial charge in [0.05, 0.1) is 12.6 Å². The molecule has 1 amide bonds. The highest BCUT2D eigenvalue weighted by Gasteiger charge is 2.17. The number of hydrogen-bond donors (Lipinski definition) is 0. The second-order valence-corrected chi connectivity index (χ2v) is 7.06. The van der Waals surface area contributed by atoms with Crippen LogP contribution in [0.5, 0.6) is 5.75 Å². The maximum atomic E-state index is 12.8. The van der Waals surface area contributed by atoms with Crippen LogP contribution in [-0.2, 0) is 11.3 Å². The first-order valence-electron chi connectivity index (χ1n) is 8.53. The third-order valence-corrected chi connectivity index (χ3v) is 4.99. The second-order valence-electron chi connectivity index (χ2n) is 6.02. The number of thiophene rings is 1. The average Bonchev–Trinajstić information content (AvgIpc) is 3.33. The van der Waals surface area contributed by atoms with Gasteiger partial charge in [0.25, 0.3) is 5.91 Å². The predicted octanol–water partition coefficient (Wildman–Crippen LogP) is 4.13. The Bertz CT molecular complexity index is 675. The van der Waals surface area contributed by atoms with Crippen LogP contribution in [0.15, 0.2) is 54.4 Å². The van der Waals surface area contributed by atoms with Crippen molar-refractivity contribution in [3.05, 3.63) is 64.9 Å². The van der Waals surface area contributed by atoms with Gasteiger partial charge in [-0.2, -0.15) is 0 Å². The molecule has 1 aromatic heterocycles. The summed E-state index contributed by atoms with van der Waals surface area (Å²) in [6.45, 7) is 6.27. The summed E-state index contributed by atoms with van der Waals surface area (Å²) in [5.41, 5.74) is 0.655. The van der Waals surface area contributed by atoms with Gasteiger partial charge in [0.15, 0.2) is 0 Å². The predicted molar refractivity (Wildman–Crippen MR) is 100 cm³/mol. The van der Waals surface area contributed by atoms with Gasteiger partial charge in [-0.1, -0.05) is 12.1 Å². The van der Waals surface area contributed by atoms with Crippen molar-refractivity contribution in [3.63, 3.8) is 0 Å². The molecule has 2 aromatic rings. The molecule has 132 valence electrons. The molecule has 2 heterocycles. The summed E-state index contributed by atoms with van der Waals surface area (Å²) in [7, 11) is 0. The summed E-state index contributed by atoms with van der Waals surface area (Å²) in [4.78, 5) is 15.7. The molecule has 0 aliphatic carbocycles. The van der Waals surface area contributed by atoms with Crippen molar-refractivity contribution in [2.45, 2.75) is 25.5 Å². The Morgan fingerprint density at radius 2 is 2.20 bits per heavy atom. The molecule has 0 bridgehead atoms. The fourth-order valence-electron chi connectivity index (χ4n) is 2.81. The third-order valence-electron chi connectivity index (χ3n) is 4.12. The number of amides is 1. The summed E-state index contributed by atoms with van der Waals surface area (Å²) in [6.07, 6.45) is 4.10. The lowest BCUT2D eigenvalue weighted by Crippen LogP contribution is -2.30. The van der Waals surface area contributed by atoms with Gasteiger partial charge < -0.3 is 14.4 Å². The summed E-state index contributed by atoms with van der Waals surface area (Å²) < 4.78 is 11.3. The van der Waals surface area contributed by atoms with E-state index in [1.807, 2.05) is 41.8 Å². The van der Waals surface area contributed by atoms with Crippen LogP contribution in [0.3, 0.4) is 0 Å². The largest absolute Gasteiger partial charge is 0.491 e. The molecule has 0 saturated carbocycles. The number of ether oxygens (including phenoxy) is 2. The molecule has 25 heavy (non-hydrogen) atoms. The van der Waals surface area contributed by atoms with Crippen molar-refractivity contribution in [2.75, 3.05) is 19.8 Å². The Labute approximate surface area is 152 Å². The Morgan fingerprint density at radius 3 is 2.84 bits per heavy atom. The highest BCUT2D eigenvalue weighted by atomic mass is 32.1. The summed E-state index contributed by atoms with van der Waals surface area (Å²) in [6, 6.07) is 11.4. The number of hydrogen-bond acceptors (Lipinski definition) is 4. The molecule has 1 aromatic carbocycles. The number of nitrogens with zero attached hydrogens (tertiary/aromatic N) is 1. The lowest BCUT2D eigenvalue weighted by Gasteiger charge is -2.20. The van der Waals surface area contributed by atoms with Crippen LogP contribution in [0.25, 0.3) is 0 Å². The summed E-state index contributed by atoms with van der Waals surface area (Å²) in [5.74, 6) is 0.763. The molecule has 1 aliphatic rings. The van der Waals surface area contributed by atoms with Crippen LogP contribution in [0.1, 0.15) is 28.1 Å². The molecule has 5 heteroatoms. The lowest BCUT2D eigenvalue weighted by molar-refractivity contribution is 0.0678. The van der Waals surface area contributed by atoms with Crippen LogP contribution in [-0.4, -0.2) is 36.7 Å². The van der Waals surface area contributed by atoms with Gasteiger partial charge in [-0.15, -0.1) is 17.9 Å². The van der Waals surface area contributed by atoms with E-state index >= 15 is 0 Å². The molecule has 1 atom stereocenters. The van der Waals surface area contributed by atoms with Crippen LogP contribution in [0.4, 0.5) is 0 Å². The average molecular weight is 357 g/mol. The van der Waals surface area contributed by atoms with E-state index in [0.717, 1.165) is 30.1 Å². The number of benzene rings is 1. The minimum atomic E-state index is -0.000948. The summed E-state index contributed by atoms with van der Waals surface area (Å²) >= 11 is 1.65. The van der Waals surface area contributed by atoms with Gasteiger partial charge >= 0.3 is 0 Å². The zero-order valence-electron chi connectivity index (χ0n) is 14.2. The monoisotopic (exact) mass is 357 g/mol. The van der Waals surface area contributed by atoms with E-state index in [1.54, 1.807) is 22.3 Å². The zero-order valence-corrected chi connectivity index (χ0v) is 15.0. The molecule has 4 nitrogen and oxygen atoms in total. The molecule has 0 N–H and O–H groups in total. The minimum Gasteiger partial charge on any atom is -0.491 e. The maximum Gasteiger partial charge on any atom is 0.254 e. The van der Waals surface area contributed by atoms with Gasteiger partial charge in [0.1, 0.15) is 12.4 Å². The van der Waals surface area contributed by atoms with Gasteiger partial charge in [-0.05, 0) is 48.6 Å². The standard InChI is InChI=1S/C20H23NO3S/c1-2-11-21(14-19-6-4-13-25-19)20(22)16-7-9-17(10-8-16)24-15-18-5-3-12-23-18/h2,4,6-10,13,18H,1,3,5,11-12,14-15H2. The molecule has 1 unspecified atom stereocenters. The minimum absolute atomic E-state index is 0.000948. The molecular formula is C20H23NO3S. The number of carbonyl (C=O) groups excluding carboxylic acids is 1. The first kappa shape index (κ1) is 17.7. The Hall–Kier alpha value is -2.11. The molecule has 0 radical (unpaired) electrons. The topological polar surface area (TPSA) is 38.8 Å². The van der Waals surface area contributed by atoms with Crippen LogP contribution >= 0.6 is 11.3 Å². The molecule has 3 rings (SSSR count). The Morgan fingerprint density at radius 1 is 1.36 bits per heavy atom. The number of carbonyl (C=O) groups is 1. The van der Waals surface area contributed by atoms with Crippen molar-refractivity contribution in [2.24, 2.45) is 0 Å². The first-order chi connectivity index (χ1) is 12.3. The van der Waals surface area contributed by atoms with Crippen molar-refractivity contribution < 1.29 is 14.3 Å². The molecular weight excluding hydrogens is 334 g/mol. The van der Waals surface area contributed by atoms with E-state index in [2.05, 4.69) is 6.58 Å². The van der Waals surface area contributed by atoms with Crippen LogP contribution in [0.2, 0.25) is 0 Å². The van der Waals surface area contributed by atoms with Crippen molar-refractivity contribution in [1.29, 1.82) is 0 Å². The van der Waals surface area contributed by atoms with Gasteiger partial charge in [-0.25, -0.2) is 0 Å². The van der Waals surface area contributed by atoms with E-state index in [0.29, 0.717) is 25.3 Å². The third kappa shape index (κ3) is 4.94. The van der Waals surface area contributed by atoms with Crippen molar-refractivity contribution in [3.8, 4) is 5.75 Å². The quantitative estimate of drug-likeness (QED) is 0.667. The molecule has 0 spiro atoms. The molecule has 1 fully saturated rings. The van der Waals surface area contributed by atoms with E-state index in [1.165, 1.54) is 0 Å². The Balaban J connectivity index is 1.60. The first-order valence-corrected chi connectivity index (χ1v) is 9.41. The number of rotatable bonds is 8. The zero-order chi connectivity index (χ0) is 17.5. The van der Waals surface area contributed by atoms with E-state index in [9.17, 15) is 4.79 Å². The summed E-state index contributed by atoms with van der Waals surface area (Å²) in [5, 5.41) is 2.02. The fourth-order valence-corrected chi connectivity index (χ4v) is 3.53. The lowest BCUT2D eigenvalue weighted by atomic mass is 10.2. The van der Waals surface area contributed by atoms with E-state index in [-0.39, 0.29) is 12.0 Å². The van der Waals surface area contributed by atoms with Crippen molar-refractivity contribution in [1.82, 2.24) is 4.90 Å². The fraction of sp³-hybridized carbons (Fsp3) is 0.350. The SMILES string of the molecule is C=CCN(Cc1cccs1)C(=O)c1ccc(OCC2CCCO2)cc1. The molecule has 1 aliphatic heterocycles. The smallest absolute Gasteiger partial charge is 0.254 e. The highest BCUT2D eigenvalue weighted by molar-refractivity contribution is 7.09. The van der Waals surface area contributed by atoms with E-state index < -0.39 is 0 Å². The van der Waals surface area contributed by atoms with Crippen LogP contribution in [0, 0.1) is 0 Å². The second kappa shape index (κ2) is 8.83. The highest BCUT2D eigenvalue weighted by Crippen LogP contribution is 2.19. The molecule has 1 saturated heterocycles. The van der Waals surface area contributed by atoms with Crippen LogP contribution < -0.4 is 4.74 Å². The van der Waals surface area contributed by atoms with Crippen molar-refractivity contribution >= 4 is 17.2 Å². The van der Waals surface area contributed by atoms with Gasteiger partial charge in [0.2, 0.25) is 0 Å². The van der Waals surface area contributed by atoms with Gasteiger partial charge in [0, 0.05) is 23.6 Å². The van der Waals surface area contributed by atoms with Gasteiger partial charge in [-0.3, -0.25) is 4.79 Å². The van der Waals surface area contributed by atoms with E-state index in [4.69, 9.17) is 9.47 Å².